The molecule has 0 aromatic heterocycles. The first-order valence-electron chi connectivity index (χ1n) is 5.42. The highest BCUT2D eigenvalue weighted by atomic mass is 16.5. The van der Waals surface area contributed by atoms with Crippen molar-refractivity contribution in [1.82, 2.24) is 4.90 Å². The van der Waals surface area contributed by atoms with Crippen LogP contribution < -0.4 is 0 Å². The van der Waals surface area contributed by atoms with E-state index in [0.29, 0.717) is 5.78 Å². The van der Waals surface area contributed by atoms with Crippen LogP contribution in [0.2, 0.25) is 0 Å². The molecule has 0 unspecified atom stereocenters. The van der Waals surface area contributed by atoms with E-state index in [1.54, 1.807) is 0 Å². The van der Waals surface area contributed by atoms with Crippen molar-refractivity contribution >= 4 is 5.78 Å². The molecular weight excluding hydrogens is 178 g/mol. The Bertz CT molecular complexity index is 242. The van der Waals surface area contributed by atoms with Crippen molar-refractivity contribution in [2.75, 3.05) is 26.3 Å². The third-order valence-electron chi connectivity index (χ3n) is 2.84. The molecule has 1 aliphatic heterocycles. The van der Waals surface area contributed by atoms with Gasteiger partial charge in [-0.25, -0.2) is 0 Å². The minimum absolute atomic E-state index is 0.350. The summed E-state index contributed by atoms with van der Waals surface area (Å²) >= 11 is 0. The zero-order chi connectivity index (χ0) is 9.80. The molecule has 1 aliphatic carbocycles. The van der Waals surface area contributed by atoms with E-state index in [1.807, 2.05) is 0 Å². The first-order valence-corrected chi connectivity index (χ1v) is 5.42. The van der Waals surface area contributed by atoms with E-state index in [1.165, 1.54) is 6.42 Å². The lowest BCUT2D eigenvalue weighted by Gasteiger charge is -2.27. The normalized spacial score (nSPS) is 27.0. The van der Waals surface area contributed by atoms with Gasteiger partial charge in [-0.15, -0.1) is 0 Å². The summed E-state index contributed by atoms with van der Waals surface area (Å²) in [4.78, 5) is 13.8. The minimum Gasteiger partial charge on any atom is -0.378 e. The van der Waals surface area contributed by atoms with Crippen molar-refractivity contribution in [1.29, 1.82) is 0 Å². The van der Waals surface area contributed by atoms with Gasteiger partial charge in [0.2, 0.25) is 0 Å². The van der Waals surface area contributed by atoms with Gasteiger partial charge in [0.1, 0.15) is 0 Å². The van der Waals surface area contributed by atoms with Gasteiger partial charge in [0.25, 0.3) is 0 Å². The quantitative estimate of drug-likeness (QED) is 0.591. The second kappa shape index (κ2) is 4.60. The number of hydrogen-bond donors (Lipinski definition) is 0. The average molecular weight is 195 g/mol. The molecule has 0 atom stereocenters. The van der Waals surface area contributed by atoms with Crippen LogP contribution in [0.25, 0.3) is 0 Å². The van der Waals surface area contributed by atoms with E-state index in [9.17, 15) is 4.79 Å². The fourth-order valence-corrected chi connectivity index (χ4v) is 1.96. The van der Waals surface area contributed by atoms with E-state index >= 15 is 0 Å². The third-order valence-corrected chi connectivity index (χ3v) is 2.84. The van der Waals surface area contributed by atoms with Crippen molar-refractivity contribution in [2.24, 2.45) is 0 Å². The molecule has 0 amide bonds. The molecule has 78 valence electrons. The maximum absolute atomic E-state index is 11.5. The van der Waals surface area contributed by atoms with Gasteiger partial charge in [0.15, 0.2) is 5.78 Å². The lowest BCUT2D eigenvalue weighted by molar-refractivity contribution is -0.116. The third kappa shape index (κ3) is 2.35. The van der Waals surface area contributed by atoms with Crippen molar-refractivity contribution in [2.45, 2.75) is 25.7 Å². The van der Waals surface area contributed by atoms with Gasteiger partial charge in [-0.1, -0.05) is 0 Å². The molecule has 1 saturated carbocycles. The number of rotatable bonds is 1. The number of carbonyl (C=O) groups excluding carboxylic acids is 1. The standard InChI is InChI=1S/C11H17NO2/c13-11-4-2-1-3-10(11)9-12-5-7-14-8-6-12/h9H,1-8H2/b10-9-. The van der Waals surface area contributed by atoms with E-state index in [0.717, 1.165) is 51.1 Å². The highest BCUT2D eigenvalue weighted by Gasteiger charge is 2.16. The molecule has 0 bridgehead atoms. The summed E-state index contributed by atoms with van der Waals surface area (Å²) in [6.45, 7) is 3.43. The first-order chi connectivity index (χ1) is 6.86. The Morgan fingerprint density at radius 1 is 1.14 bits per heavy atom. The molecule has 2 rings (SSSR count). The Hall–Kier alpha value is -0.830. The van der Waals surface area contributed by atoms with E-state index in [-0.39, 0.29) is 0 Å². The summed E-state index contributed by atoms with van der Waals surface area (Å²) < 4.78 is 5.26. The summed E-state index contributed by atoms with van der Waals surface area (Å²) in [5.74, 6) is 0.350. The number of nitrogens with zero attached hydrogens (tertiary/aromatic N) is 1. The topological polar surface area (TPSA) is 29.5 Å². The van der Waals surface area contributed by atoms with E-state index < -0.39 is 0 Å². The molecule has 2 aliphatic rings. The minimum atomic E-state index is 0.350. The molecular formula is C11H17NO2. The molecule has 14 heavy (non-hydrogen) atoms. The number of allylic oxidation sites excluding steroid dienone is 1. The predicted molar refractivity (Wildman–Crippen MR) is 54.0 cm³/mol. The largest absolute Gasteiger partial charge is 0.378 e. The molecule has 1 saturated heterocycles. The van der Waals surface area contributed by atoms with Crippen molar-refractivity contribution in [3.63, 3.8) is 0 Å². The Labute approximate surface area is 84.7 Å². The smallest absolute Gasteiger partial charge is 0.160 e. The van der Waals surface area contributed by atoms with Gasteiger partial charge < -0.3 is 9.64 Å². The highest BCUT2D eigenvalue weighted by molar-refractivity contribution is 5.95. The molecule has 0 N–H and O–H groups in total. The molecule has 0 aromatic carbocycles. The molecule has 1 heterocycles. The summed E-state index contributed by atoms with van der Waals surface area (Å²) in [5, 5.41) is 0. The number of ketones is 1. The number of ether oxygens (including phenoxy) is 1. The van der Waals surface area contributed by atoms with Gasteiger partial charge in [0.05, 0.1) is 13.2 Å². The lowest BCUT2D eigenvalue weighted by Crippen LogP contribution is -2.33. The maximum atomic E-state index is 11.5. The van der Waals surface area contributed by atoms with E-state index in [4.69, 9.17) is 4.74 Å². The molecule has 2 fully saturated rings. The van der Waals surface area contributed by atoms with Crippen LogP contribution in [-0.4, -0.2) is 37.0 Å². The van der Waals surface area contributed by atoms with Gasteiger partial charge in [-0.2, -0.15) is 0 Å². The van der Waals surface area contributed by atoms with Crippen LogP contribution >= 0.6 is 0 Å². The van der Waals surface area contributed by atoms with Gasteiger partial charge >= 0.3 is 0 Å². The van der Waals surface area contributed by atoms with Crippen LogP contribution in [-0.2, 0) is 9.53 Å². The summed E-state index contributed by atoms with van der Waals surface area (Å²) in [6.07, 6.45) is 6.01. The second-order valence-corrected chi connectivity index (χ2v) is 3.93. The van der Waals surface area contributed by atoms with Crippen LogP contribution in [0, 0.1) is 0 Å². The number of Topliss-reactive ketones (excluding diaryl/α,β-unsaturated/α-hetero) is 1. The molecule has 0 aromatic rings. The maximum Gasteiger partial charge on any atom is 0.160 e. The van der Waals surface area contributed by atoms with Gasteiger partial charge in [-0.05, 0) is 19.3 Å². The molecule has 0 spiro atoms. The Kier molecular flexibility index (Phi) is 3.19. The molecule has 3 heteroatoms. The van der Waals surface area contributed by atoms with Crippen LogP contribution in [0.4, 0.5) is 0 Å². The van der Waals surface area contributed by atoms with Crippen LogP contribution in [0.3, 0.4) is 0 Å². The Morgan fingerprint density at radius 3 is 2.57 bits per heavy atom. The summed E-state index contributed by atoms with van der Waals surface area (Å²) in [5.41, 5.74) is 1.03. The lowest BCUT2D eigenvalue weighted by atomic mass is 9.94. The predicted octanol–water partition coefficient (Wildman–Crippen LogP) is 1.35. The average Bonchev–Trinajstić information content (AvgIpc) is 2.23. The molecule has 3 nitrogen and oxygen atoms in total. The SMILES string of the molecule is O=C1CCCC/C1=C/N1CCOCC1. The van der Waals surface area contributed by atoms with Crippen molar-refractivity contribution < 1.29 is 9.53 Å². The van der Waals surface area contributed by atoms with Gasteiger partial charge in [-0.3, -0.25) is 4.79 Å². The number of hydrogen-bond acceptors (Lipinski definition) is 3. The Balaban J connectivity index is 1.96. The molecule has 0 radical (unpaired) electrons. The fraction of sp³-hybridized carbons (Fsp3) is 0.727. The van der Waals surface area contributed by atoms with Crippen LogP contribution in [0.1, 0.15) is 25.7 Å². The zero-order valence-electron chi connectivity index (χ0n) is 8.50. The highest BCUT2D eigenvalue weighted by Crippen LogP contribution is 2.20. The first kappa shape index (κ1) is 9.71. The van der Waals surface area contributed by atoms with Crippen LogP contribution in [0.15, 0.2) is 11.8 Å². The monoisotopic (exact) mass is 195 g/mol. The van der Waals surface area contributed by atoms with Gasteiger partial charge in [0, 0.05) is 31.3 Å². The van der Waals surface area contributed by atoms with Crippen LogP contribution in [0.5, 0.6) is 0 Å². The second-order valence-electron chi connectivity index (χ2n) is 3.93. The fourth-order valence-electron chi connectivity index (χ4n) is 1.96. The Morgan fingerprint density at radius 2 is 1.86 bits per heavy atom. The van der Waals surface area contributed by atoms with Crippen molar-refractivity contribution in [3.05, 3.63) is 11.8 Å². The van der Waals surface area contributed by atoms with E-state index in [2.05, 4.69) is 11.1 Å². The summed E-state index contributed by atoms with van der Waals surface area (Å²) in [6, 6.07) is 0. The number of carbonyl (C=O) groups is 1. The summed E-state index contributed by atoms with van der Waals surface area (Å²) in [7, 11) is 0. The number of morpholine rings is 1. The zero-order valence-corrected chi connectivity index (χ0v) is 8.50. The van der Waals surface area contributed by atoms with Crippen molar-refractivity contribution in [3.8, 4) is 0 Å².